The molecule has 4 aromatic rings. The van der Waals surface area contributed by atoms with Gasteiger partial charge < -0.3 is 10.1 Å². The normalized spacial score (nSPS) is 22.7. The van der Waals surface area contributed by atoms with E-state index in [2.05, 4.69) is 21.8 Å². The second kappa shape index (κ2) is 10.8. The molecule has 1 aromatic heterocycles. The van der Waals surface area contributed by atoms with Crippen molar-refractivity contribution in [1.29, 1.82) is 0 Å². The fraction of sp³-hybridized carbons (Fsp3) is 0.344. The van der Waals surface area contributed by atoms with Gasteiger partial charge in [0.15, 0.2) is 0 Å². The SMILES string of the molecule is C=C[C@H]1CN2CC[C@H]1C[C@@H]2[C@H](Nc1c(-c2cc(C(F)(F)F)cc(C(F)(F)F)c2)c(=O)c1=O)c1ccnc2ccc(OC)cc12. The molecule has 2 bridgehead atoms. The summed E-state index contributed by atoms with van der Waals surface area (Å²) in [7, 11) is 1.51. The molecular formula is C32H27F6N3O3. The lowest BCUT2D eigenvalue weighted by Crippen LogP contribution is -2.56. The average Bonchev–Trinajstić information content (AvgIpc) is 3.01. The number of ether oxygens (including phenoxy) is 1. The molecule has 3 saturated heterocycles. The third-order valence-corrected chi connectivity index (χ3v) is 8.94. The molecule has 0 amide bonds. The number of anilines is 1. The number of pyridine rings is 1. The highest BCUT2D eigenvalue weighted by Gasteiger charge is 2.44. The van der Waals surface area contributed by atoms with E-state index in [0.717, 1.165) is 13.0 Å². The number of nitrogens with zero attached hydrogens (tertiary/aromatic N) is 2. The topological polar surface area (TPSA) is 71.5 Å². The molecule has 0 radical (unpaired) electrons. The van der Waals surface area contributed by atoms with Crippen LogP contribution in [0, 0.1) is 11.8 Å². The van der Waals surface area contributed by atoms with Gasteiger partial charge in [-0.05, 0) is 84.8 Å². The predicted molar refractivity (Wildman–Crippen MR) is 153 cm³/mol. The maximum Gasteiger partial charge on any atom is 0.416 e. The molecule has 44 heavy (non-hydrogen) atoms. The van der Waals surface area contributed by atoms with Gasteiger partial charge in [0.1, 0.15) is 5.75 Å². The van der Waals surface area contributed by atoms with Crippen LogP contribution in [0.2, 0.25) is 0 Å². The third kappa shape index (κ3) is 5.14. The van der Waals surface area contributed by atoms with Crippen molar-refractivity contribution >= 4 is 16.6 Å². The number of hydrogen-bond acceptors (Lipinski definition) is 6. The van der Waals surface area contributed by atoms with Crippen molar-refractivity contribution in [3.8, 4) is 16.9 Å². The first kappa shape index (κ1) is 29.9. The predicted octanol–water partition coefficient (Wildman–Crippen LogP) is 6.59. The molecule has 0 saturated carbocycles. The van der Waals surface area contributed by atoms with Crippen LogP contribution < -0.4 is 20.9 Å². The Morgan fingerprint density at radius 3 is 2.32 bits per heavy atom. The van der Waals surface area contributed by atoms with Crippen LogP contribution in [0.25, 0.3) is 22.0 Å². The molecule has 5 atom stereocenters. The number of benzene rings is 2. The Hall–Kier alpha value is -4.19. The Morgan fingerprint density at radius 2 is 1.73 bits per heavy atom. The molecular weight excluding hydrogens is 588 g/mol. The molecule has 3 aliphatic rings. The summed E-state index contributed by atoms with van der Waals surface area (Å²) in [5, 5.41) is 3.83. The first-order valence-corrected chi connectivity index (χ1v) is 14.0. The van der Waals surface area contributed by atoms with Crippen molar-refractivity contribution in [2.45, 2.75) is 37.3 Å². The van der Waals surface area contributed by atoms with Crippen molar-refractivity contribution < 1.29 is 31.1 Å². The lowest BCUT2D eigenvalue weighted by Gasteiger charge is -2.52. The molecule has 3 aromatic carbocycles. The lowest BCUT2D eigenvalue weighted by molar-refractivity contribution is -0.143. The zero-order valence-corrected chi connectivity index (χ0v) is 23.4. The first-order valence-electron chi connectivity index (χ1n) is 14.0. The van der Waals surface area contributed by atoms with Crippen LogP contribution >= 0.6 is 0 Å². The molecule has 3 fully saturated rings. The van der Waals surface area contributed by atoms with E-state index in [4.69, 9.17) is 4.74 Å². The Labute approximate surface area is 247 Å². The molecule has 0 spiro atoms. The van der Waals surface area contributed by atoms with Gasteiger partial charge in [0, 0.05) is 24.2 Å². The number of nitrogens with one attached hydrogen (secondary N) is 1. The Morgan fingerprint density at radius 1 is 1.02 bits per heavy atom. The van der Waals surface area contributed by atoms with Gasteiger partial charge in [0.05, 0.1) is 41.0 Å². The lowest BCUT2D eigenvalue weighted by atomic mass is 9.73. The highest BCUT2D eigenvalue weighted by atomic mass is 19.4. The average molecular weight is 616 g/mol. The quantitative estimate of drug-likeness (QED) is 0.144. The van der Waals surface area contributed by atoms with E-state index in [1.165, 1.54) is 7.11 Å². The summed E-state index contributed by atoms with van der Waals surface area (Å²) >= 11 is 0. The summed E-state index contributed by atoms with van der Waals surface area (Å²) in [6.45, 7) is 5.41. The van der Waals surface area contributed by atoms with Crippen molar-refractivity contribution in [2.75, 3.05) is 25.5 Å². The number of hydrogen-bond donors (Lipinski definition) is 1. The van der Waals surface area contributed by atoms with Crippen LogP contribution in [0.15, 0.2) is 70.9 Å². The molecule has 12 heteroatoms. The van der Waals surface area contributed by atoms with Crippen molar-refractivity contribution in [1.82, 2.24) is 9.88 Å². The molecule has 3 aliphatic heterocycles. The largest absolute Gasteiger partial charge is 0.497 e. The molecule has 7 rings (SSSR count). The number of aromatic nitrogens is 1. The van der Waals surface area contributed by atoms with Crippen LogP contribution in [0.1, 0.15) is 35.6 Å². The Bertz CT molecular complexity index is 1790. The Kier molecular flexibility index (Phi) is 7.30. The number of piperidine rings is 3. The number of halogens is 6. The summed E-state index contributed by atoms with van der Waals surface area (Å²) in [6, 6.07) is 7.08. The minimum absolute atomic E-state index is 0.0104. The van der Waals surface area contributed by atoms with Gasteiger partial charge in [-0.15, -0.1) is 6.58 Å². The minimum atomic E-state index is -5.12. The van der Waals surface area contributed by atoms with E-state index >= 15 is 0 Å². The fourth-order valence-electron chi connectivity index (χ4n) is 6.71. The van der Waals surface area contributed by atoms with Gasteiger partial charge in [-0.25, -0.2) is 0 Å². The van der Waals surface area contributed by atoms with E-state index in [0.29, 0.717) is 53.2 Å². The van der Waals surface area contributed by atoms with E-state index in [9.17, 15) is 35.9 Å². The molecule has 4 heterocycles. The van der Waals surface area contributed by atoms with Crippen LogP contribution in [0.5, 0.6) is 5.75 Å². The number of alkyl halides is 6. The minimum Gasteiger partial charge on any atom is -0.497 e. The number of rotatable bonds is 7. The maximum absolute atomic E-state index is 13.6. The molecule has 0 aliphatic carbocycles. The number of fused-ring (bicyclic) bond motifs is 4. The summed E-state index contributed by atoms with van der Waals surface area (Å²) < 4.78 is 87.3. The van der Waals surface area contributed by atoms with Crippen LogP contribution in [0.4, 0.5) is 32.0 Å². The van der Waals surface area contributed by atoms with Crippen LogP contribution in [0.3, 0.4) is 0 Å². The van der Waals surface area contributed by atoms with Crippen molar-refractivity contribution in [3.05, 3.63) is 98.5 Å². The summed E-state index contributed by atoms with van der Waals surface area (Å²) in [4.78, 5) is 32.5. The van der Waals surface area contributed by atoms with E-state index in [1.54, 1.807) is 30.5 Å². The number of methoxy groups -OCH3 is 1. The summed E-state index contributed by atoms with van der Waals surface area (Å²) in [6.07, 6.45) is -5.10. The zero-order valence-electron chi connectivity index (χ0n) is 23.4. The van der Waals surface area contributed by atoms with Crippen molar-refractivity contribution in [2.24, 2.45) is 11.8 Å². The molecule has 1 unspecified atom stereocenters. The second-order valence-corrected chi connectivity index (χ2v) is 11.4. The van der Waals surface area contributed by atoms with Crippen molar-refractivity contribution in [3.63, 3.8) is 0 Å². The zero-order chi connectivity index (χ0) is 31.6. The fourth-order valence-corrected chi connectivity index (χ4v) is 6.71. The molecule has 1 N–H and O–H groups in total. The third-order valence-electron chi connectivity index (χ3n) is 8.94. The van der Waals surface area contributed by atoms with E-state index in [1.807, 2.05) is 6.08 Å². The molecule has 230 valence electrons. The highest BCUT2D eigenvalue weighted by Crippen LogP contribution is 2.45. The van der Waals surface area contributed by atoms with Crippen LogP contribution in [-0.4, -0.2) is 36.1 Å². The van der Waals surface area contributed by atoms with Gasteiger partial charge in [-0.1, -0.05) is 6.08 Å². The second-order valence-electron chi connectivity index (χ2n) is 11.4. The maximum atomic E-state index is 13.6. The van der Waals surface area contributed by atoms with Gasteiger partial charge in [-0.2, -0.15) is 26.3 Å². The summed E-state index contributed by atoms with van der Waals surface area (Å²) in [5.41, 5.74) is -5.45. The van der Waals surface area contributed by atoms with E-state index in [-0.39, 0.29) is 23.7 Å². The van der Waals surface area contributed by atoms with Gasteiger partial charge in [0.2, 0.25) is 10.9 Å². The highest BCUT2D eigenvalue weighted by molar-refractivity contribution is 5.86. The van der Waals surface area contributed by atoms with Gasteiger partial charge in [-0.3, -0.25) is 19.5 Å². The summed E-state index contributed by atoms with van der Waals surface area (Å²) in [5.74, 6) is 1.09. The van der Waals surface area contributed by atoms with Crippen LogP contribution in [-0.2, 0) is 12.4 Å². The van der Waals surface area contributed by atoms with Gasteiger partial charge >= 0.3 is 12.4 Å². The smallest absolute Gasteiger partial charge is 0.416 e. The monoisotopic (exact) mass is 615 g/mol. The first-order chi connectivity index (χ1) is 20.8. The standard InChI is InChI=1S/C32H27F6N3O3/c1-3-16-15-41-9-7-17(16)12-25(41)27(22-6-8-39-24-5-4-21(44-2)14-23(22)24)40-28-26(29(42)30(28)43)18-10-19(31(33,34)35)13-20(11-18)32(36,37)38/h3-6,8,10-11,13-14,16-17,25,27,40H,1,7,9,12,15H2,2H3/t16-,17-,25+,27+/m0/s1. The van der Waals surface area contributed by atoms with E-state index < -0.39 is 51.5 Å². The molecule has 6 nitrogen and oxygen atoms in total. The van der Waals surface area contributed by atoms with Gasteiger partial charge in [0.25, 0.3) is 0 Å². The Balaban J connectivity index is 1.50.